The zero-order valence-corrected chi connectivity index (χ0v) is 15.7. The number of nitrogens with zero attached hydrogens (tertiary/aromatic N) is 2. The van der Waals surface area contributed by atoms with Crippen LogP contribution >= 0.6 is 0 Å². The van der Waals surface area contributed by atoms with E-state index in [1.165, 1.54) is 19.4 Å². The summed E-state index contributed by atoms with van der Waals surface area (Å²) in [5, 5.41) is 12.1. The van der Waals surface area contributed by atoms with Crippen LogP contribution in [0.3, 0.4) is 0 Å². The molecule has 2 aliphatic heterocycles. The summed E-state index contributed by atoms with van der Waals surface area (Å²) in [6.45, 7) is 3.34. The highest BCUT2D eigenvalue weighted by atomic mass is 16.3. The first-order valence-electron chi connectivity index (χ1n) is 9.97. The molecular formula is C23H30N2O. The third kappa shape index (κ3) is 3.20. The summed E-state index contributed by atoms with van der Waals surface area (Å²) >= 11 is 0. The molecule has 0 amide bonds. The van der Waals surface area contributed by atoms with Crippen molar-refractivity contribution < 1.29 is 5.11 Å². The molecule has 3 heteroatoms. The Balaban J connectivity index is 1.69. The quantitative estimate of drug-likeness (QED) is 0.894. The average molecular weight is 351 g/mol. The van der Waals surface area contributed by atoms with Crippen molar-refractivity contribution in [3.05, 3.63) is 71.8 Å². The monoisotopic (exact) mass is 350 g/mol. The Morgan fingerprint density at radius 2 is 1.46 bits per heavy atom. The molecule has 0 saturated carbocycles. The second kappa shape index (κ2) is 7.51. The molecule has 2 saturated heterocycles. The number of likely N-dealkylation sites (N-methyl/N-ethyl adjacent to an activating group) is 1. The van der Waals surface area contributed by atoms with Crippen molar-refractivity contribution >= 4 is 0 Å². The van der Waals surface area contributed by atoms with Gasteiger partial charge in [-0.3, -0.25) is 4.90 Å². The van der Waals surface area contributed by atoms with Crippen molar-refractivity contribution in [3.8, 4) is 0 Å². The van der Waals surface area contributed by atoms with Crippen LogP contribution in [0.5, 0.6) is 0 Å². The Hall–Kier alpha value is -1.68. The van der Waals surface area contributed by atoms with Gasteiger partial charge in [-0.15, -0.1) is 0 Å². The molecule has 3 nitrogen and oxygen atoms in total. The normalized spacial score (nSPS) is 25.0. The second-order valence-electron chi connectivity index (χ2n) is 7.93. The number of benzene rings is 2. The van der Waals surface area contributed by atoms with Gasteiger partial charge >= 0.3 is 0 Å². The van der Waals surface area contributed by atoms with E-state index in [-0.39, 0.29) is 6.04 Å². The topological polar surface area (TPSA) is 26.7 Å². The zero-order chi connectivity index (χ0) is 18.0. The first-order chi connectivity index (χ1) is 12.7. The van der Waals surface area contributed by atoms with E-state index < -0.39 is 5.60 Å². The third-order valence-corrected chi connectivity index (χ3v) is 6.39. The lowest BCUT2D eigenvalue weighted by molar-refractivity contribution is -0.00939. The van der Waals surface area contributed by atoms with E-state index in [1.807, 2.05) is 36.4 Å². The van der Waals surface area contributed by atoms with Crippen LogP contribution in [0.15, 0.2) is 60.7 Å². The second-order valence-corrected chi connectivity index (χ2v) is 7.93. The van der Waals surface area contributed by atoms with Crippen molar-refractivity contribution in [3.63, 3.8) is 0 Å². The molecule has 0 unspecified atom stereocenters. The highest BCUT2D eigenvalue weighted by molar-refractivity contribution is 5.38. The molecule has 2 heterocycles. The summed E-state index contributed by atoms with van der Waals surface area (Å²) in [5.74, 6) is 0. The van der Waals surface area contributed by atoms with E-state index >= 15 is 0 Å². The SMILES string of the molecule is CN1CCC[C@H]1CN1CCC[C@H]1C(O)(c1ccccc1)c1ccccc1. The maximum Gasteiger partial charge on any atom is 0.130 e. The molecule has 26 heavy (non-hydrogen) atoms. The van der Waals surface area contributed by atoms with E-state index in [2.05, 4.69) is 41.1 Å². The molecule has 2 aromatic rings. The lowest BCUT2D eigenvalue weighted by atomic mass is 9.79. The Morgan fingerprint density at radius 3 is 2.00 bits per heavy atom. The Bertz CT molecular complexity index is 663. The van der Waals surface area contributed by atoms with Crippen LogP contribution < -0.4 is 0 Å². The molecule has 1 N–H and O–H groups in total. The predicted molar refractivity (Wildman–Crippen MR) is 106 cm³/mol. The van der Waals surface area contributed by atoms with Crippen LogP contribution in [0.25, 0.3) is 0 Å². The Kier molecular flexibility index (Phi) is 5.12. The van der Waals surface area contributed by atoms with Gasteiger partial charge in [0.2, 0.25) is 0 Å². The van der Waals surface area contributed by atoms with Gasteiger partial charge in [-0.2, -0.15) is 0 Å². The number of aliphatic hydroxyl groups is 1. The molecule has 2 aliphatic rings. The molecule has 2 aromatic carbocycles. The Morgan fingerprint density at radius 1 is 0.885 bits per heavy atom. The molecule has 0 radical (unpaired) electrons. The van der Waals surface area contributed by atoms with Crippen molar-refractivity contribution in [2.24, 2.45) is 0 Å². The van der Waals surface area contributed by atoms with Gasteiger partial charge < -0.3 is 10.0 Å². The maximum atomic E-state index is 12.1. The Labute approximate surface area is 157 Å². The van der Waals surface area contributed by atoms with Gasteiger partial charge in [0.25, 0.3) is 0 Å². The van der Waals surface area contributed by atoms with Gasteiger partial charge in [0.1, 0.15) is 5.60 Å². The minimum absolute atomic E-state index is 0.126. The molecule has 0 aromatic heterocycles. The van der Waals surface area contributed by atoms with Gasteiger partial charge in [-0.1, -0.05) is 60.7 Å². The molecule has 0 aliphatic carbocycles. The number of likely N-dealkylation sites (tertiary alicyclic amines) is 2. The van der Waals surface area contributed by atoms with E-state index in [0.717, 1.165) is 37.1 Å². The lowest BCUT2D eigenvalue weighted by Gasteiger charge is -2.41. The van der Waals surface area contributed by atoms with Crippen molar-refractivity contribution in [1.82, 2.24) is 9.80 Å². The van der Waals surface area contributed by atoms with Crippen LogP contribution in [-0.4, -0.2) is 53.7 Å². The summed E-state index contributed by atoms with van der Waals surface area (Å²) < 4.78 is 0. The van der Waals surface area contributed by atoms with Gasteiger partial charge in [0.15, 0.2) is 0 Å². The van der Waals surface area contributed by atoms with Crippen molar-refractivity contribution in [2.75, 3.05) is 26.7 Å². The molecule has 4 rings (SSSR count). The van der Waals surface area contributed by atoms with Crippen molar-refractivity contribution in [2.45, 2.75) is 43.4 Å². The minimum atomic E-state index is -0.962. The summed E-state index contributed by atoms with van der Waals surface area (Å²) in [7, 11) is 2.24. The molecule has 0 bridgehead atoms. The van der Waals surface area contributed by atoms with Crippen LogP contribution in [0.4, 0.5) is 0 Å². The molecule has 138 valence electrons. The van der Waals surface area contributed by atoms with Crippen LogP contribution in [0, 0.1) is 0 Å². The molecular weight excluding hydrogens is 320 g/mol. The van der Waals surface area contributed by atoms with Gasteiger partial charge in [-0.25, -0.2) is 0 Å². The van der Waals surface area contributed by atoms with Crippen molar-refractivity contribution in [1.29, 1.82) is 0 Å². The zero-order valence-electron chi connectivity index (χ0n) is 15.7. The molecule has 0 spiro atoms. The minimum Gasteiger partial charge on any atom is -0.379 e. The van der Waals surface area contributed by atoms with Crippen LogP contribution in [0.1, 0.15) is 36.8 Å². The van der Waals surface area contributed by atoms with Crippen LogP contribution in [0.2, 0.25) is 0 Å². The summed E-state index contributed by atoms with van der Waals surface area (Å²) in [6, 6.07) is 21.2. The van der Waals surface area contributed by atoms with E-state index in [9.17, 15) is 5.11 Å². The van der Waals surface area contributed by atoms with Gasteiger partial charge in [0, 0.05) is 18.6 Å². The average Bonchev–Trinajstić information content (AvgIpc) is 3.32. The van der Waals surface area contributed by atoms with E-state index in [1.54, 1.807) is 0 Å². The van der Waals surface area contributed by atoms with E-state index in [0.29, 0.717) is 6.04 Å². The fraction of sp³-hybridized carbons (Fsp3) is 0.478. The maximum absolute atomic E-state index is 12.1. The summed E-state index contributed by atoms with van der Waals surface area (Å²) in [6.07, 6.45) is 4.76. The molecule has 2 atom stereocenters. The summed E-state index contributed by atoms with van der Waals surface area (Å²) in [4.78, 5) is 5.03. The first-order valence-corrected chi connectivity index (χ1v) is 9.97. The number of hydrogen-bond acceptors (Lipinski definition) is 3. The number of rotatable bonds is 5. The van der Waals surface area contributed by atoms with Crippen LogP contribution in [-0.2, 0) is 5.60 Å². The standard InChI is InChI=1S/C23H30N2O/c1-24-16-8-14-21(24)18-25-17-9-15-22(25)23(26,19-10-4-2-5-11-19)20-12-6-3-7-13-20/h2-7,10-13,21-22,26H,8-9,14-18H2,1H3/t21-,22-/m0/s1. The first kappa shape index (κ1) is 17.7. The highest BCUT2D eigenvalue weighted by Crippen LogP contribution is 2.40. The largest absolute Gasteiger partial charge is 0.379 e. The van der Waals surface area contributed by atoms with E-state index in [4.69, 9.17) is 0 Å². The smallest absolute Gasteiger partial charge is 0.130 e. The fourth-order valence-electron chi connectivity index (χ4n) is 4.93. The predicted octanol–water partition coefficient (Wildman–Crippen LogP) is 3.48. The summed E-state index contributed by atoms with van der Waals surface area (Å²) in [5.41, 5.74) is 1.04. The fourth-order valence-corrected chi connectivity index (χ4v) is 4.93. The molecule has 2 fully saturated rings. The lowest BCUT2D eigenvalue weighted by Crippen LogP contribution is -2.51. The highest BCUT2D eigenvalue weighted by Gasteiger charge is 2.46. The third-order valence-electron chi connectivity index (χ3n) is 6.39. The number of hydrogen-bond donors (Lipinski definition) is 1. The van der Waals surface area contributed by atoms with Gasteiger partial charge in [0.05, 0.1) is 0 Å². The van der Waals surface area contributed by atoms with Gasteiger partial charge in [-0.05, 0) is 56.9 Å².